The zero-order valence-electron chi connectivity index (χ0n) is 8.02. The lowest BCUT2D eigenvalue weighted by molar-refractivity contribution is 0.0687. The molecule has 0 spiro atoms. The van der Waals surface area contributed by atoms with E-state index in [1.807, 2.05) is 13.8 Å². The second-order valence-electron chi connectivity index (χ2n) is 3.24. The monoisotopic (exact) mass is 193 g/mol. The van der Waals surface area contributed by atoms with E-state index in [2.05, 4.69) is 4.98 Å². The minimum atomic E-state index is -1.17. The van der Waals surface area contributed by atoms with Crippen LogP contribution < -0.4 is 0 Å². The van der Waals surface area contributed by atoms with Gasteiger partial charge in [-0.25, -0.2) is 9.78 Å². The molecule has 0 fully saturated rings. The Morgan fingerprint density at radius 1 is 1.57 bits per heavy atom. The van der Waals surface area contributed by atoms with Gasteiger partial charge >= 0.3 is 5.97 Å². The molecule has 0 saturated carbocycles. The lowest BCUT2D eigenvalue weighted by atomic mass is 9.97. The molecule has 1 rings (SSSR count). The van der Waals surface area contributed by atoms with Crippen LogP contribution in [0.5, 0.6) is 0 Å². The molecule has 0 bridgehead atoms. The number of rotatable bonds is 3. The van der Waals surface area contributed by atoms with Gasteiger partial charge in [0.25, 0.3) is 0 Å². The first kappa shape index (κ1) is 10.4. The van der Waals surface area contributed by atoms with E-state index in [0.717, 1.165) is 0 Å². The smallest absolute Gasteiger partial charge is 0.355 e. The van der Waals surface area contributed by atoms with Gasteiger partial charge in [-0.05, 0) is 17.5 Å². The van der Waals surface area contributed by atoms with E-state index >= 15 is 0 Å². The van der Waals surface area contributed by atoms with Gasteiger partial charge in [0.15, 0.2) is 12.0 Å². The molecule has 1 heterocycles. The average Bonchev–Trinajstić information content (AvgIpc) is 2.16. The summed E-state index contributed by atoms with van der Waals surface area (Å²) in [6, 6.07) is 1.67. The molecule has 1 aromatic heterocycles. The van der Waals surface area contributed by atoms with Crippen LogP contribution in [0, 0.1) is 0 Å². The fourth-order valence-corrected chi connectivity index (χ4v) is 1.29. The van der Waals surface area contributed by atoms with Gasteiger partial charge in [0.1, 0.15) is 0 Å². The number of aromatic carboxylic acids is 1. The van der Waals surface area contributed by atoms with Crippen LogP contribution >= 0.6 is 0 Å². The number of carboxylic acid groups (broad SMARTS) is 1. The Morgan fingerprint density at radius 3 is 2.64 bits per heavy atom. The van der Waals surface area contributed by atoms with Crippen LogP contribution in [0.2, 0.25) is 0 Å². The van der Waals surface area contributed by atoms with Crippen molar-refractivity contribution in [2.45, 2.75) is 19.8 Å². The molecule has 0 atom stereocenters. The van der Waals surface area contributed by atoms with Gasteiger partial charge in [0, 0.05) is 6.20 Å². The molecule has 4 heteroatoms. The van der Waals surface area contributed by atoms with Gasteiger partial charge in [-0.15, -0.1) is 0 Å². The first-order valence-corrected chi connectivity index (χ1v) is 4.25. The number of pyridine rings is 1. The molecular formula is C10H11NO3. The van der Waals surface area contributed by atoms with Crippen molar-refractivity contribution in [2.75, 3.05) is 0 Å². The molecule has 0 saturated heterocycles. The Labute approximate surface area is 81.6 Å². The first-order valence-electron chi connectivity index (χ1n) is 4.25. The maximum Gasteiger partial charge on any atom is 0.355 e. The summed E-state index contributed by atoms with van der Waals surface area (Å²) in [5, 5.41) is 8.78. The Bertz CT molecular complexity index is 372. The maximum atomic E-state index is 10.8. The molecule has 0 aliphatic heterocycles. The molecule has 0 amide bonds. The quantitative estimate of drug-likeness (QED) is 0.742. The van der Waals surface area contributed by atoms with E-state index in [1.54, 1.807) is 6.07 Å². The van der Waals surface area contributed by atoms with Gasteiger partial charge in [0.05, 0.1) is 5.56 Å². The third kappa shape index (κ3) is 1.79. The number of aldehydes is 1. The van der Waals surface area contributed by atoms with Gasteiger partial charge < -0.3 is 5.11 Å². The van der Waals surface area contributed by atoms with E-state index in [9.17, 15) is 9.59 Å². The first-order chi connectivity index (χ1) is 6.57. The molecule has 1 N–H and O–H groups in total. The van der Waals surface area contributed by atoms with Crippen LogP contribution in [0.25, 0.3) is 0 Å². The Balaban J connectivity index is 3.39. The maximum absolute atomic E-state index is 10.8. The average molecular weight is 193 g/mol. The van der Waals surface area contributed by atoms with Gasteiger partial charge in [-0.2, -0.15) is 0 Å². The van der Waals surface area contributed by atoms with Crippen molar-refractivity contribution in [3.05, 3.63) is 29.1 Å². The highest BCUT2D eigenvalue weighted by atomic mass is 16.4. The van der Waals surface area contributed by atoms with Gasteiger partial charge in [-0.3, -0.25) is 4.79 Å². The third-order valence-corrected chi connectivity index (χ3v) is 1.97. The van der Waals surface area contributed by atoms with Crippen LogP contribution in [-0.4, -0.2) is 22.3 Å². The molecule has 0 aromatic carbocycles. The number of hydrogen-bond acceptors (Lipinski definition) is 3. The van der Waals surface area contributed by atoms with Crippen molar-refractivity contribution < 1.29 is 14.7 Å². The normalized spacial score (nSPS) is 10.2. The summed E-state index contributed by atoms with van der Waals surface area (Å²) in [6.45, 7) is 3.79. The molecule has 0 aliphatic rings. The lowest BCUT2D eigenvalue weighted by Gasteiger charge is -2.09. The van der Waals surface area contributed by atoms with Gasteiger partial charge in [0.2, 0.25) is 0 Å². The van der Waals surface area contributed by atoms with Crippen molar-refractivity contribution in [3.63, 3.8) is 0 Å². The zero-order valence-corrected chi connectivity index (χ0v) is 8.02. The van der Waals surface area contributed by atoms with Crippen LogP contribution in [0.4, 0.5) is 0 Å². The van der Waals surface area contributed by atoms with Crippen LogP contribution in [-0.2, 0) is 0 Å². The second kappa shape index (κ2) is 4.00. The van der Waals surface area contributed by atoms with Crippen LogP contribution in [0.1, 0.15) is 46.2 Å². The summed E-state index contributed by atoms with van der Waals surface area (Å²) in [5.74, 6) is -1.06. The minimum absolute atomic E-state index is 0.108. The number of aromatic nitrogens is 1. The molecule has 0 radical (unpaired) electrons. The Kier molecular flexibility index (Phi) is 2.96. The molecular weight excluding hydrogens is 182 g/mol. The Morgan fingerprint density at radius 2 is 2.21 bits per heavy atom. The highest BCUT2D eigenvalue weighted by Gasteiger charge is 2.16. The van der Waals surface area contributed by atoms with Crippen molar-refractivity contribution in [3.8, 4) is 0 Å². The lowest BCUT2D eigenvalue weighted by Crippen LogP contribution is -2.08. The summed E-state index contributed by atoms with van der Waals surface area (Å²) in [4.78, 5) is 25.1. The topological polar surface area (TPSA) is 67.3 Å². The molecule has 74 valence electrons. The SMILES string of the molecule is CC(C)c1ccnc(C(=O)O)c1C=O. The minimum Gasteiger partial charge on any atom is -0.476 e. The zero-order chi connectivity index (χ0) is 10.7. The third-order valence-electron chi connectivity index (χ3n) is 1.97. The number of carboxylic acids is 1. The standard InChI is InChI=1S/C10H11NO3/c1-6(2)7-3-4-11-9(10(13)14)8(7)5-12/h3-6H,1-2H3,(H,13,14). The van der Waals surface area contributed by atoms with Crippen molar-refractivity contribution in [1.82, 2.24) is 4.98 Å². The second-order valence-corrected chi connectivity index (χ2v) is 3.24. The fraction of sp³-hybridized carbons (Fsp3) is 0.300. The van der Waals surface area contributed by atoms with E-state index < -0.39 is 5.97 Å². The number of hydrogen-bond donors (Lipinski definition) is 1. The van der Waals surface area contributed by atoms with Crippen molar-refractivity contribution in [2.24, 2.45) is 0 Å². The number of carbonyl (C=O) groups excluding carboxylic acids is 1. The predicted octanol–water partition coefficient (Wildman–Crippen LogP) is 1.72. The number of nitrogens with zero attached hydrogens (tertiary/aromatic N) is 1. The number of carbonyl (C=O) groups is 2. The molecule has 4 nitrogen and oxygen atoms in total. The molecule has 14 heavy (non-hydrogen) atoms. The molecule has 0 unspecified atom stereocenters. The summed E-state index contributed by atoms with van der Waals surface area (Å²) >= 11 is 0. The van der Waals surface area contributed by atoms with Crippen LogP contribution in [0.15, 0.2) is 12.3 Å². The van der Waals surface area contributed by atoms with E-state index in [4.69, 9.17) is 5.11 Å². The van der Waals surface area contributed by atoms with Crippen molar-refractivity contribution in [1.29, 1.82) is 0 Å². The molecule has 1 aromatic rings. The largest absolute Gasteiger partial charge is 0.476 e. The van der Waals surface area contributed by atoms with E-state index in [1.165, 1.54) is 6.20 Å². The van der Waals surface area contributed by atoms with E-state index in [0.29, 0.717) is 11.8 Å². The predicted molar refractivity (Wildman–Crippen MR) is 50.7 cm³/mol. The Hall–Kier alpha value is -1.71. The van der Waals surface area contributed by atoms with Crippen LogP contribution in [0.3, 0.4) is 0 Å². The summed E-state index contributed by atoms with van der Waals surface area (Å²) in [5.41, 5.74) is 0.716. The summed E-state index contributed by atoms with van der Waals surface area (Å²) in [6.07, 6.45) is 1.96. The fourth-order valence-electron chi connectivity index (χ4n) is 1.29. The van der Waals surface area contributed by atoms with Gasteiger partial charge in [-0.1, -0.05) is 13.8 Å². The highest BCUT2D eigenvalue weighted by Crippen LogP contribution is 2.19. The van der Waals surface area contributed by atoms with E-state index in [-0.39, 0.29) is 17.2 Å². The summed E-state index contributed by atoms with van der Waals surface area (Å²) < 4.78 is 0. The van der Waals surface area contributed by atoms with Crippen molar-refractivity contribution >= 4 is 12.3 Å². The summed E-state index contributed by atoms with van der Waals surface area (Å²) in [7, 11) is 0. The molecule has 0 aliphatic carbocycles. The highest BCUT2D eigenvalue weighted by molar-refractivity contribution is 5.96.